The lowest BCUT2D eigenvalue weighted by atomic mass is 10.1. The molecule has 32 heavy (non-hydrogen) atoms. The lowest BCUT2D eigenvalue weighted by molar-refractivity contribution is 0.162. The number of hydrogen-bond acceptors (Lipinski definition) is 5. The van der Waals surface area contributed by atoms with Crippen molar-refractivity contribution in [2.24, 2.45) is 7.05 Å². The molecule has 3 heterocycles. The predicted molar refractivity (Wildman–Crippen MR) is 132 cm³/mol. The first-order valence-corrected chi connectivity index (χ1v) is 12.0. The number of piperidine rings is 2. The molecule has 1 aromatic heterocycles. The quantitative estimate of drug-likeness (QED) is 0.626. The van der Waals surface area contributed by atoms with E-state index in [0.29, 0.717) is 12.2 Å². The lowest BCUT2D eigenvalue weighted by Crippen LogP contribution is -2.34. The Kier molecular flexibility index (Phi) is 9.85. The Morgan fingerprint density at radius 2 is 1.34 bits per heavy atom. The minimum atomic E-state index is 0.352. The van der Waals surface area contributed by atoms with Crippen LogP contribution in [0.5, 0.6) is 11.5 Å². The van der Waals surface area contributed by atoms with E-state index in [1.165, 1.54) is 0 Å². The number of ether oxygens (including phenoxy) is 2. The molecule has 2 N–H and O–H groups in total. The highest BCUT2D eigenvalue weighted by Gasteiger charge is 2.15. The zero-order valence-corrected chi connectivity index (χ0v) is 19.7. The van der Waals surface area contributed by atoms with E-state index in [1.807, 2.05) is 68.2 Å². The molecule has 2 saturated heterocycles. The molecule has 0 saturated carbocycles. The van der Waals surface area contributed by atoms with E-state index in [0.717, 1.165) is 74.3 Å². The molecule has 2 fully saturated rings. The van der Waals surface area contributed by atoms with Crippen LogP contribution in [0, 0.1) is 0 Å². The van der Waals surface area contributed by atoms with Crippen LogP contribution in [0.25, 0.3) is 10.9 Å². The molecule has 0 aliphatic carbocycles. The van der Waals surface area contributed by atoms with Gasteiger partial charge < -0.3 is 20.1 Å². The van der Waals surface area contributed by atoms with Crippen molar-refractivity contribution < 1.29 is 9.47 Å². The van der Waals surface area contributed by atoms with E-state index in [1.54, 1.807) is 0 Å². The summed E-state index contributed by atoms with van der Waals surface area (Å²) in [5.41, 5.74) is 1.14. The van der Waals surface area contributed by atoms with Gasteiger partial charge in [0.25, 0.3) is 0 Å². The van der Waals surface area contributed by atoms with Gasteiger partial charge in [-0.05, 0) is 82.2 Å². The fraction of sp³-hybridized carbons (Fsp3) is 0.500. The van der Waals surface area contributed by atoms with Crippen molar-refractivity contribution in [1.29, 1.82) is 0 Å². The van der Waals surface area contributed by atoms with Gasteiger partial charge in [0.1, 0.15) is 23.7 Å². The van der Waals surface area contributed by atoms with E-state index in [4.69, 9.17) is 9.47 Å². The Labute approximate surface area is 192 Å². The van der Waals surface area contributed by atoms with E-state index < -0.39 is 0 Å². The maximum atomic E-state index is 6.00. The van der Waals surface area contributed by atoms with Gasteiger partial charge in [0, 0.05) is 12.4 Å². The molecule has 0 amide bonds. The predicted octanol–water partition coefficient (Wildman–Crippen LogP) is 4.55. The summed E-state index contributed by atoms with van der Waals surface area (Å²) >= 11 is 0. The monoisotopic (exact) mass is 438 g/mol. The highest BCUT2D eigenvalue weighted by Crippen LogP contribution is 2.22. The van der Waals surface area contributed by atoms with Gasteiger partial charge in [-0.25, -0.2) is 0 Å². The molecule has 2 aromatic carbocycles. The van der Waals surface area contributed by atoms with Crippen molar-refractivity contribution in [3.05, 3.63) is 54.7 Å². The Hall–Kier alpha value is -2.57. The smallest absolute Gasteiger partial charge is 0.120 e. The molecule has 0 radical (unpaired) electrons. The Morgan fingerprint density at radius 1 is 0.781 bits per heavy atom. The van der Waals surface area contributed by atoms with Crippen LogP contribution in [0.3, 0.4) is 0 Å². The molecule has 5 rings (SSSR count). The van der Waals surface area contributed by atoms with Crippen molar-refractivity contribution in [1.82, 2.24) is 20.4 Å². The molecule has 0 atom stereocenters. The van der Waals surface area contributed by atoms with E-state index in [2.05, 4.69) is 27.9 Å². The van der Waals surface area contributed by atoms with Crippen molar-refractivity contribution >= 4 is 10.9 Å². The van der Waals surface area contributed by atoms with Gasteiger partial charge in [0.05, 0.1) is 11.7 Å². The summed E-state index contributed by atoms with van der Waals surface area (Å²) < 4.78 is 13.7. The average molecular weight is 439 g/mol. The summed E-state index contributed by atoms with van der Waals surface area (Å²) in [6, 6.07) is 16.2. The minimum absolute atomic E-state index is 0.352. The standard InChI is InChI=1S/C13H17N3O.C11H15NO.C2H6/c1-16-13-3-2-12(8-10(13)9-15-16)17-11-4-6-14-7-5-11;1-2-4-10(5-3-1)13-11-6-8-12-9-7-11;1-2/h2-3,8-9,11,14H,4-7H2,1H3;1-5,11-12H,6-9H2;1-2H3. The number of nitrogens with one attached hydrogen (secondary N) is 2. The first kappa shape index (κ1) is 24.1. The first-order chi connectivity index (χ1) is 15.8. The number of para-hydroxylation sites is 1. The summed E-state index contributed by atoms with van der Waals surface area (Å²) in [6.07, 6.45) is 7.05. The van der Waals surface area contributed by atoms with Crippen molar-refractivity contribution in [2.45, 2.75) is 51.7 Å². The average Bonchev–Trinajstić information content (AvgIpc) is 3.23. The fourth-order valence-electron chi connectivity index (χ4n) is 3.93. The topological polar surface area (TPSA) is 60.3 Å². The summed E-state index contributed by atoms with van der Waals surface area (Å²) in [5.74, 6) is 1.95. The Bertz CT molecular complexity index is 901. The van der Waals surface area contributed by atoms with Crippen LogP contribution in [-0.4, -0.2) is 48.2 Å². The molecule has 3 aromatic rings. The second-order valence-corrected chi connectivity index (χ2v) is 7.94. The van der Waals surface area contributed by atoms with Crippen LogP contribution < -0.4 is 20.1 Å². The van der Waals surface area contributed by atoms with Crippen molar-refractivity contribution in [2.75, 3.05) is 26.2 Å². The molecule has 2 aliphatic rings. The number of benzene rings is 2. The maximum Gasteiger partial charge on any atom is 0.120 e. The SMILES string of the molecule is CC.Cn1ncc2cc(OC3CCNCC3)ccc21.c1ccc(OC2CCNCC2)cc1. The molecule has 0 spiro atoms. The number of aryl methyl sites for hydroxylation is 1. The number of rotatable bonds is 4. The van der Waals surface area contributed by atoms with Gasteiger partial charge in [0.15, 0.2) is 0 Å². The second kappa shape index (κ2) is 13.1. The number of aromatic nitrogens is 2. The fourth-order valence-corrected chi connectivity index (χ4v) is 3.93. The zero-order chi connectivity index (χ0) is 22.6. The van der Waals surface area contributed by atoms with Gasteiger partial charge in [-0.3, -0.25) is 4.68 Å². The summed E-state index contributed by atoms with van der Waals surface area (Å²) in [6.45, 7) is 8.27. The normalized spacial score (nSPS) is 17.0. The third-order valence-corrected chi connectivity index (χ3v) is 5.64. The molecule has 2 aliphatic heterocycles. The van der Waals surface area contributed by atoms with Gasteiger partial charge in [-0.2, -0.15) is 5.10 Å². The third-order valence-electron chi connectivity index (χ3n) is 5.64. The first-order valence-electron chi connectivity index (χ1n) is 12.0. The summed E-state index contributed by atoms with van der Waals surface area (Å²) in [7, 11) is 1.95. The summed E-state index contributed by atoms with van der Waals surface area (Å²) in [5, 5.41) is 12.0. The van der Waals surface area contributed by atoms with Gasteiger partial charge in [0.2, 0.25) is 0 Å². The maximum absolute atomic E-state index is 6.00. The largest absolute Gasteiger partial charge is 0.490 e. The summed E-state index contributed by atoms with van der Waals surface area (Å²) in [4.78, 5) is 0. The van der Waals surface area contributed by atoms with Crippen molar-refractivity contribution in [3.63, 3.8) is 0 Å². The molecule has 6 heteroatoms. The zero-order valence-electron chi connectivity index (χ0n) is 19.7. The van der Waals surface area contributed by atoms with Crippen LogP contribution in [0.1, 0.15) is 39.5 Å². The lowest BCUT2D eigenvalue weighted by Gasteiger charge is -2.23. The number of nitrogens with zero attached hydrogens (tertiary/aromatic N) is 2. The Balaban J connectivity index is 0.000000173. The Morgan fingerprint density at radius 3 is 1.94 bits per heavy atom. The highest BCUT2D eigenvalue weighted by molar-refractivity contribution is 5.80. The van der Waals surface area contributed by atoms with Gasteiger partial charge >= 0.3 is 0 Å². The van der Waals surface area contributed by atoms with Crippen LogP contribution in [0.2, 0.25) is 0 Å². The van der Waals surface area contributed by atoms with E-state index >= 15 is 0 Å². The molecule has 174 valence electrons. The van der Waals surface area contributed by atoms with Gasteiger partial charge in [-0.1, -0.05) is 32.0 Å². The van der Waals surface area contributed by atoms with Crippen LogP contribution in [0.15, 0.2) is 54.7 Å². The van der Waals surface area contributed by atoms with E-state index in [-0.39, 0.29) is 0 Å². The van der Waals surface area contributed by atoms with E-state index in [9.17, 15) is 0 Å². The number of fused-ring (bicyclic) bond motifs is 1. The molecule has 6 nitrogen and oxygen atoms in total. The van der Waals surface area contributed by atoms with Gasteiger partial charge in [-0.15, -0.1) is 0 Å². The molecule has 0 bridgehead atoms. The van der Waals surface area contributed by atoms with Crippen LogP contribution in [-0.2, 0) is 7.05 Å². The van der Waals surface area contributed by atoms with Crippen LogP contribution in [0.4, 0.5) is 0 Å². The molecular formula is C26H38N4O2. The molecule has 0 unspecified atom stereocenters. The third kappa shape index (κ3) is 7.24. The second-order valence-electron chi connectivity index (χ2n) is 7.94. The molecular weight excluding hydrogens is 400 g/mol. The number of hydrogen-bond donors (Lipinski definition) is 2. The minimum Gasteiger partial charge on any atom is -0.490 e. The van der Waals surface area contributed by atoms with Crippen LogP contribution >= 0.6 is 0 Å². The highest BCUT2D eigenvalue weighted by atomic mass is 16.5. The van der Waals surface area contributed by atoms with Crippen molar-refractivity contribution in [3.8, 4) is 11.5 Å².